The Labute approximate surface area is 175 Å². The average Bonchev–Trinajstić information content (AvgIpc) is 2.98. The number of carbonyl (C=O) groups excluding carboxylic acids is 1. The molecule has 4 rings (SSSR count). The highest BCUT2D eigenvalue weighted by atomic mass is 16.2. The Morgan fingerprint density at radius 1 is 1.10 bits per heavy atom. The molecule has 0 aliphatic carbocycles. The van der Waals surface area contributed by atoms with Gasteiger partial charge in [0.15, 0.2) is 5.82 Å². The van der Waals surface area contributed by atoms with Crippen LogP contribution >= 0.6 is 0 Å². The topological polar surface area (TPSA) is 85.0 Å². The molecular formula is C22H26N6O2. The highest BCUT2D eigenvalue weighted by Gasteiger charge is 2.28. The molecule has 0 radical (unpaired) electrons. The number of aromatic nitrogens is 4. The molecule has 1 atom stereocenters. The first-order valence-electron chi connectivity index (χ1n) is 10.2. The maximum atomic E-state index is 13.0. The number of hydrogen-bond donors (Lipinski definition) is 1. The highest BCUT2D eigenvalue weighted by Crippen LogP contribution is 2.23. The Bertz CT molecular complexity index is 1100. The van der Waals surface area contributed by atoms with E-state index in [-0.39, 0.29) is 17.4 Å². The van der Waals surface area contributed by atoms with Gasteiger partial charge in [0, 0.05) is 20.1 Å². The molecule has 156 valence electrons. The van der Waals surface area contributed by atoms with Gasteiger partial charge in [0.25, 0.3) is 5.56 Å². The fourth-order valence-electron chi connectivity index (χ4n) is 3.90. The number of rotatable bonds is 4. The predicted molar refractivity (Wildman–Crippen MR) is 116 cm³/mol. The van der Waals surface area contributed by atoms with Gasteiger partial charge in [0.05, 0.1) is 23.0 Å². The molecule has 0 saturated carbocycles. The zero-order valence-corrected chi connectivity index (χ0v) is 17.5. The molecule has 0 bridgehead atoms. The predicted octanol–water partition coefficient (Wildman–Crippen LogP) is 2.44. The smallest absolute Gasteiger partial charge is 0.295 e. The number of nitrogens with one attached hydrogen (secondary N) is 1. The number of nitrogens with zero attached hydrogens (tertiary/aromatic N) is 5. The van der Waals surface area contributed by atoms with Gasteiger partial charge in [0.1, 0.15) is 5.69 Å². The van der Waals surface area contributed by atoms with Gasteiger partial charge in [-0.2, -0.15) is 5.10 Å². The van der Waals surface area contributed by atoms with Crippen molar-refractivity contribution in [1.29, 1.82) is 0 Å². The van der Waals surface area contributed by atoms with E-state index in [2.05, 4.69) is 20.4 Å². The minimum Gasteiger partial charge on any atom is -0.354 e. The normalized spacial score (nSPS) is 16.5. The van der Waals surface area contributed by atoms with Crippen molar-refractivity contribution in [2.24, 2.45) is 13.0 Å². The summed E-state index contributed by atoms with van der Waals surface area (Å²) in [6.45, 7) is 5.13. The Hall–Kier alpha value is -3.42. The molecule has 1 unspecified atom stereocenters. The summed E-state index contributed by atoms with van der Waals surface area (Å²) in [6, 6.07) is 13.3. The van der Waals surface area contributed by atoms with E-state index in [0.717, 1.165) is 36.6 Å². The van der Waals surface area contributed by atoms with Crippen LogP contribution in [0.3, 0.4) is 0 Å². The van der Waals surface area contributed by atoms with E-state index >= 15 is 0 Å². The number of aryl methyl sites for hydroxylation is 1. The van der Waals surface area contributed by atoms with Crippen LogP contribution in [0.1, 0.15) is 24.2 Å². The Kier molecular flexibility index (Phi) is 5.39. The summed E-state index contributed by atoms with van der Waals surface area (Å²) in [5.74, 6) is 0.428. The molecule has 3 heterocycles. The SMILES string of the molecule is Cc1ccc(N2CCCC(C(=O)Nc3c(C)n(C)n(-c4ccccc4)c3=O)C2)nn1. The highest BCUT2D eigenvalue weighted by molar-refractivity contribution is 5.93. The molecule has 8 heteroatoms. The van der Waals surface area contributed by atoms with Gasteiger partial charge >= 0.3 is 0 Å². The summed E-state index contributed by atoms with van der Waals surface area (Å²) in [5, 5.41) is 11.3. The molecule has 1 N–H and O–H groups in total. The van der Waals surface area contributed by atoms with Crippen molar-refractivity contribution in [3.63, 3.8) is 0 Å². The van der Waals surface area contributed by atoms with Crippen LogP contribution in [0.4, 0.5) is 11.5 Å². The lowest BCUT2D eigenvalue weighted by molar-refractivity contribution is -0.120. The van der Waals surface area contributed by atoms with Gasteiger partial charge in [-0.1, -0.05) is 18.2 Å². The molecule has 1 saturated heterocycles. The van der Waals surface area contributed by atoms with Crippen molar-refractivity contribution in [2.45, 2.75) is 26.7 Å². The molecule has 1 aromatic carbocycles. The fourth-order valence-corrected chi connectivity index (χ4v) is 3.90. The molecule has 0 spiro atoms. The standard InChI is InChI=1S/C22H26N6O2/c1-15-11-12-19(25-24-15)27-13-7-8-17(14-27)21(29)23-20-16(2)26(3)28(22(20)30)18-9-5-4-6-10-18/h4-6,9-12,17H,7-8,13-14H2,1-3H3,(H,23,29). The summed E-state index contributed by atoms with van der Waals surface area (Å²) >= 11 is 0. The number of piperidine rings is 1. The van der Waals surface area contributed by atoms with E-state index in [1.54, 1.807) is 9.36 Å². The van der Waals surface area contributed by atoms with E-state index in [4.69, 9.17) is 0 Å². The molecular weight excluding hydrogens is 380 g/mol. The lowest BCUT2D eigenvalue weighted by Gasteiger charge is -2.32. The molecule has 8 nitrogen and oxygen atoms in total. The van der Waals surface area contributed by atoms with E-state index in [1.807, 2.05) is 63.4 Å². The molecule has 3 aromatic rings. The van der Waals surface area contributed by atoms with Gasteiger partial charge in [-0.25, -0.2) is 4.68 Å². The van der Waals surface area contributed by atoms with Crippen LogP contribution in [0.15, 0.2) is 47.3 Å². The minimum atomic E-state index is -0.230. The van der Waals surface area contributed by atoms with Crippen molar-refractivity contribution in [3.8, 4) is 5.69 Å². The van der Waals surface area contributed by atoms with Crippen LogP contribution in [-0.2, 0) is 11.8 Å². The second kappa shape index (κ2) is 8.14. The van der Waals surface area contributed by atoms with Gasteiger partial charge in [0.2, 0.25) is 5.91 Å². The molecule has 1 fully saturated rings. The quantitative estimate of drug-likeness (QED) is 0.719. The molecule has 2 aromatic heterocycles. The summed E-state index contributed by atoms with van der Waals surface area (Å²) in [7, 11) is 1.82. The third-order valence-electron chi connectivity index (χ3n) is 5.70. The van der Waals surface area contributed by atoms with Gasteiger partial charge in [-0.15, -0.1) is 5.10 Å². The van der Waals surface area contributed by atoms with E-state index in [0.29, 0.717) is 17.9 Å². The third kappa shape index (κ3) is 3.72. The molecule has 1 amide bonds. The number of anilines is 2. The Morgan fingerprint density at radius 3 is 2.57 bits per heavy atom. The summed E-state index contributed by atoms with van der Waals surface area (Å²) in [4.78, 5) is 28.2. The number of hydrogen-bond acceptors (Lipinski definition) is 5. The van der Waals surface area contributed by atoms with Crippen molar-refractivity contribution in [3.05, 3.63) is 64.2 Å². The van der Waals surface area contributed by atoms with Gasteiger partial charge in [-0.3, -0.25) is 14.3 Å². The summed E-state index contributed by atoms with van der Waals surface area (Å²) in [5.41, 5.74) is 2.44. The largest absolute Gasteiger partial charge is 0.354 e. The van der Waals surface area contributed by atoms with Crippen LogP contribution < -0.4 is 15.8 Å². The number of amides is 1. The van der Waals surface area contributed by atoms with Crippen molar-refractivity contribution in [1.82, 2.24) is 19.6 Å². The minimum absolute atomic E-state index is 0.134. The lowest BCUT2D eigenvalue weighted by Crippen LogP contribution is -2.41. The second-order valence-corrected chi connectivity index (χ2v) is 7.74. The first-order valence-corrected chi connectivity index (χ1v) is 10.2. The zero-order chi connectivity index (χ0) is 21.3. The lowest BCUT2D eigenvalue weighted by atomic mass is 9.97. The Morgan fingerprint density at radius 2 is 1.87 bits per heavy atom. The first-order chi connectivity index (χ1) is 14.5. The summed E-state index contributed by atoms with van der Waals surface area (Å²) < 4.78 is 3.34. The maximum absolute atomic E-state index is 13.0. The first kappa shape index (κ1) is 19.9. The van der Waals surface area contributed by atoms with E-state index in [9.17, 15) is 9.59 Å². The molecule has 30 heavy (non-hydrogen) atoms. The molecule has 1 aliphatic heterocycles. The van der Waals surface area contributed by atoms with E-state index < -0.39 is 0 Å². The fraction of sp³-hybridized carbons (Fsp3) is 0.364. The summed E-state index contributed by atoms with van der Waals surface area (Å²) in [6.07, 6.45) is 1.66. The van der Waals surface area contributed by atoms with Crippen LogP contribution in [0.2, 0.25) is 0 Å². The number of para-hydroxylation sites is 1. The zero-order valence-electron chi connectivity index (χ0n) is 17.5. The average molecular weight is 406 g/mol. The van der Waals surface area contributed by atoms with Gasteiger partial charge in [-0.05, 0) is 51.0 Å². The number of carbonyl (C=O) groups is 1. The third-order valence-corrected chi connectivity index (χ3v) is 5.70. The Balaban J connectivity index is 1.54. The van der Waals surface area contributed by atoms with Crippen LogP contribution in [-0.4, -0.2) is 38.6 Å². The van der Waals surface area contributed by atoms with Crippen LogP contribution in [0.5, 0.6) is 0 Å². The van der Waals surface area contributed by atoms with Crippen molar-refractivity contribution >= 4 is 17.4 Å². The van der Waals surface area contributed by atoms with E-state index in [1.165, 1.54) is 0 Å². The van der Waals surface area contributed by atoms with Crippen molar-refractivity contribution in [2.75, 3.05) is 23.3 Å². The second-order valence-electron chi connectivity index (χ2n) is 7.74. The monoisotopic (exact) mass is 406 g/mol. The van der Waals surface area contributed by atoms with Crippen LogP contribution in [0.25, 0.3) is 5.69 Å². The number of benzene rings is 1. The maximum Gasteiger partial charge on any atom is 0.295 e. The van der Waals surface area contributed by atoms with Gasteiger partial charge < -0.3 is 10.2 Å². The van der Waals surface area contributed by atoms with Crippen molar-refractivity contribution < 1.29 is 4.79 Å². The molecule has 1 aliphatic rings. The van der Waals surface area contributed by atoms with Crippen LogP contribution in [0, 0.1) is 19.8 Å².